The van der Waals surface area contributed by atoms with Crippen LogP contribution >= 0.6 is 11.6 Å². The van der Waals surface area contributed by atoms with E-state index in [0.717, 1.165) is 5.56 Å². The molecule has 0 aromatic heterocycles. The maximum absolute atomic E-state index is 11.8. The molecule has 4 nitrogen and oxygen atoms in total. The number of hydrogen-bond acceptors (Lipinski definition) is 4. The van der Waals surface area contributed by atoms with Crippen molar-refractivity contribution in [3.05, 3.63) is 28.8 Å². The van der Waals surface area contributed by atoms with Crippen molar-refractivity contribution < 1.29 is 13.2 Å². The van der Waals surface area contributed by atoms with Gasteiger partial charge in [0.2, 0.25) is 0 Å². The fourth-order valence-electron chi connectivity index (χ4n) is 1.87. The summed E-state index contributed by atoms with van der Waals surface area (Å²) in [5.74, 6) is 0.731. The molecular weight excluding hydrogens is 310 g/mol. The molecule has 21 heavy (non-hydrogen) atoms. The lowest BCUT2D eigenvalue weighted by molar-refractivity contribution is 0.336. The van der Waals surface area contributed by atoms with Crippen molar-refractivity contribution >= 4 is 21.4 Å². The summed E-state index contributed by atoms with van der Waals surface area (Å²) in [5.41, 5.74) is 0.969. The highest BCUT2D eigenvalue weighted by Gasteiger charge is 2.21. The van der Waals surface area contributed by atoms with E-state index in [1.165, 1.54) is 12.8 Å². The van der Waals surface area contributed by atoms with Crippen LogP contribution in [0.2, 0.25) is 5.02 Å². The zero-order valence-corrected chi connectivity index (χ0v) is 14.0. The molecule has 1 aromatic rings. The van der Waals surface area contributed by atoms with E-state index in [2.05, 4.69) is 5.32 Å². The van der Waals surface area contributed by atoms with Crippen LogP contribution in [0.25, 0.3) is 0 Å². The molecule has 0 heterocycles. The van der Waals surface area contributed by atoms with E-state index in [4.69, 9.17) is 16.3 Å². The number of rotatable bonds is 8. The third-order valence-corrected chi connectivity index (χ3v) is 5.93. The van der Waals surface area contributed by atoms with Gasteiger partial charge < -0.3 is 10.1 Å². The molecule has 1 aliphatic carbocycles. The SMILES string of the molecule is CC(C)S(=O)(=O)CCOc1ccc(Cl)cc1CNC1CC1. The molecular formula is C15H22ClNO3S. The molecule has 0 atom stereocenters. The van der Waals surface area contributed by atoms with Gasteiger partial charge in [-0.3, -0.25) is 0 Å². The van der Waals surface area contributed by atoms with Gasteiger partial charge in [0.1, 0.15) is 12.4 Å². The monoisotopic (exact) mass is 331 g/mol. The predicted molar refractivity (Wildman–Crippen MR) is 85.7 cm³/mol. The Bertz CT molecular complexity index is 583. The van der Waals surface area contributed by atoms with Crippen molar-refractivity contribution in [3.8, 4) is 5.75 Å². The Balaban J connectivity index is 1.95. The molecule has 118 valence electrons. The Morgan fingerprint density at radius 3 is 2.71 bits per heavy atom. The van der Waals surface area contributed by atoms with Gasteiger partial charge in [0.25, 0.3) is 0 Å². The summed E-state index contributed by atoms with van der Waals surface area (Å²) in [6.07, 6.45) is 2.42. The summed E-state index contributed by atoms with van der Waals surface area (Å²) >= 11 is 6.02. The highest BCUT2D eigenvalue weighted by atomic mass is 35.5. The van der Waals surface area contributed by atoms with Crippen molar-refractivity contribution in [3.63, 3.8) is 0 Å². The third kappa shape index (κ3) is 5.16. The maximum Gasteiger partial charge on any atom is 0.155 e. The number of ether oxygens (including phenoxy) is 1. The summed E-state index contributed by atoms with van der Waals surface area (Å²) in [6, 6.07) is 6.02. The number of benzene rings is 1. The van der Waals surface area contributed by atoms with Gasteiger partial charge in [-0.25, -0.2) is 8.42 Å². The third-order valence-electron chi connectivity index (χ3n) is 3.52. The molecule has 0 amide bonds. The van der Waals surface area contributed by atoms with Crippen LogP contribution < -0.4 is 10.1 Å². The molecule has 0 unspecified atom stereocenters. The first-order chi connectivity index (χ1) is 9.88. The van der Waals surface area contributed by atoms with Crippen molar-refractivity contribution in [2.45, 2.75) is 44.5 Å². The van der Waals surface area contributed by atoms with E-state index in [1.807, 2.05) is 6.07 Å². The molecule has 1 N–H and O–H groups in total. The van der Waals surface area contributed by atoms with Gasteiger partial charge in [-0.1, -0.05) is 11.6 Å². The smallest absolute Gasteiger partial charge is 0.155 e. The first-order valence-electron chi connectivity index (χ1n) is 7.24. The van der Waals surface area contributed by atoms with Crippen LogP contribution in [0.3, 0.4) is 0 Å². The minimum Gasteiger partial charge on any atom is -0.492 e. The van der Waals surface area contributed by atoms with Crippen molar-refractivity contribution in [1.82, 2.24) is 5.32 Å². The second-order valence-electron chi connectivity index (χ2n) is 5.67. The average Bonchev–Trinajstić information content (AvgIpc) is 3.22. The number of nitrogens with one attached hydrogen (secondary N) is 1. The molecule has 0 saturated heterocycles. The normalized spacial score (nSPS) is 15.4. The van der Waals surface area contributed by atoms with Gasteiger partial charge in [0.15, 0.2) is 9.84 Å². The van der Waals surface area contributed by atoms with Crippen LogP contribution in [0.5, 0.6) is 5.75 Å². The molecule has 1 fully saturated rings. The molecule has 0 aliphatic heterocycles. The van der Waals surface area contributed by atoms with E-state index in [0.29, 0.717) is 23.4 Å². The second kappa shape index (κ2) is 6.99. The van der Waals surface area contributed by atoms with E-state index in [9.17, 15) is 8.42 Å². The second-order valence-corrected chi connectivity index (χ2v) is 8.78. The first-order valence-corrected chi connectivity index (χ1v) is 9.34. The zero-order valence-electron chi connectivity index (χ0n) is 12.4. The lowest BCUT2D eigenvalue weighted by atomic mass is 10.2. The highest BCUT2D eigenvalue weighted by Crippen LogP contribution is 2.25. The van der Waals surface area contributed by atoms with Gasteiger partial charge in [-0.2, -0.15) is 0 Å². The lowest BCUT2D eigenvalue weighted by Crippen LogP contribution is -2.22. The Kier molecular flexibility index (Phi) is 5.52. The summed E-state index contributed by atoms with van der Waals surface area (Å²) in [4.78, 5) is 0. The summed E-state index contributed by atoms with van der Waals surface area (Å²) in [7, 11) is -3.07. The van der Waals surface area contributed by atoms with Gasteiger partial charge in [-0.15, -0.1) is 0 Å². The number of hydrogen-bond donors (Lipinski definition) is 1. The molecule has 1 aliphatic rings. The van der Waals surface area contributed by atoms with Gasteiger partial charge in [0.05, 0.1) is 11.0 Å². The minimum absolute atomic E-state index is 0.0305. The molecule has 2 rings (SSSR count). The van der Waals surface area contributed by atoms with Crippen LogP contribution in [0.4, 0.5) is 0 Å². The van der Waals surface area contributed by atoms with Crippen LogP contribution in [0.15, 0.2) is 18.2 Å². The van der Waals surface area contributed by atoms with Crippen molar-refractivity contribution in [2.75, 3.05) is 12.4 Å². The van der Waals surface area contributed by atoms with Crippen LogP contribution in [0, 0.1) is 0 Å². The van der Waals surface area contributed by atoms with Crippen molar-refractivity contribution in [1.29, 1.82) is 0 Å². The van der Waals surface area contributed by atoms with Crippen LogP contribution in [0.1, 0.15) is 32.3 Å². The standard InChI is InChI=1S/C15H22ClNO3S/c1-11(2)21(18,19)8-7-20-15-6-3-13(16)9-12(15)10-17-14-4-5-14/h3,6,9,11,14,17H,4-5,7-8,10H2,1-2H3. The Morgan fingerprint density at radius 2 is 2.10 bits per heavy atom. The molecule has 0 spiro atoms. The van der Waals surface area contributed by atoms with E-state index in [-0.39, 0.29) is 17.6 Å². The maximum atomic E-state index is 11.8. The summed E-state index contributed by atoms with van der Waals surface area (Å²) in [6.45, 7) is 4.22. The summed E-state index contributed by atoms with van der Waals surface area (Å²) < 4.78 is 29.2. The summed E-state index contributed by atoms with van der Waals surface area (Å²) in [5, 5.41) is 3.69. The molecule has 0 radical (unpaired) electrons. The van der Waals surface area contributed by atoms with E-state index in [1.54, 1.807) is 26.0 Å². The lowest BCUT2D eigenvalue weighted by Gasteiger charge is -2.13. The van der Waals surface area contributed by atoms with Crippen LogP contribution in [-0.2, 0) is 16.4 Å². The molecule has 0 bridgehead atoms. The largest absolute Gasteiger partial charge is 0.492 e. The average molecular weight is 332 g/mol. The quantitative estimate of drug-likeness (QED) is 0.796. The molecule has 1 aromatic carbocycles. The predicted octanol–water partition coefficient (Wildman–Crippen LogP) is 2.79. The molecule has 6 heteroatoms. The highest BCUT2D eigenvalue weighted by molar-refractivity contribution is 7.91. The van der Waals surface area contributed by atoms with Gasteiger partial charge in [-0.05, 0) is 44.9 Å². The number of halogens is 1. The van der Waals surface area contributed by atoms with Gasteiger partial charge in [0, 0.05) is 23.2 Å². The zero-order chi connectivity index (χ0) is 15.5. The van der Waals surface area contributed by atoms with Gasteiger partial charge >= 0.3 is 0 Å². The minimum atomic E-state index is -3.07. The Labute approximate surface area is 131 Å². The Morgan fingerprint density at radius 1 is 1.38 bits per heavy atom. The van der Waals surface area contributed by atoms with E-state index < -0.39 is 9.84 Å². The van der Waals surface area contributed by atoms with Crippen molar-refractivity contribution in [2.24, 2.45) is 0 Å². The molecule has 1 saturated carbocycles. The first kappa shape index (κ1) is 16.6. The van der Waals surface area contributed by atoms with E-state index >= 15 is 0 Å². The topological polar surface area (TPSA) is 55.4 Å². The number of sulfone groups is 1. The fourth-order valence-corrected chi connectivity index (χ4v) is 2.85. The fraction of sp³-hybridized carbons (Fsp3) is 0.600. The van der Waals surface area contributed by atoms with Crippen LogP contribution in [-0.4, -0.2) is 32.1 Å². The Hall–Kier alpha value is -0.780.